The van der Waals surface area contributed by atoms with Crippen molar-refractivity contribution in [2.75, 3.05) is 0 Å². The fourth-order valence-electron chi connectivity index (χ4n) is 1.54. The Hall–Kier alpha value is -0.990. The van der Waals surface area contributed by atoms with Gasteiger partial charge in [0.1, 0.15) is 6.10 Å². The van der Waals surface area contributed by atoms with Crippen LogP contribution in [0.3, 0.4) is 0 Å². The Morgan fingerprint density at radius 1 is 1.24 bits per heavy atom. The molecule has 0 rings (SSSR count). The topological polar surface area (TPSA) is 38.3 Å². The Bertz CT molecular complexity index is 276. The second-order valence-corrected chi connectivity index (χ2v) is 6.14. The molecule has 0 aromatic heterocycles. The molecule has 2 atom stereocenters. The Kier molecular flexibility index (Phi) is 5.73. The summed E-state index contributed by atoms with van der Waals surface area (Å²) in [6.07, 6.45) is -0.449. The summed E-state index contributed by atoms with van der Waals surface area (Å²) in [6, 6.07) is -0.0747. The summed E-state index contributed by atoms with van der Waals surface area (Å²) in [7, 11) is 0. The van der Waals surface area contributed by atoms with Crippen molar-refractivity contribution in [1.82, 2.24) is 5.32 Å². The molecule has 1 N–H and O–H groups in total. The van der Waals surface area contributed by atoms with Gasteiger partial charge in [-0.3, -0.25) is 0 Å². The van der Waals surface area contributed by atoms with Crippen molar-refractivity contribution in [2.45, 2.75) is 60.6 Å². The van der Waals surface area contributed by atoms with Gasteiger partial charge in [-0.05, 0) is 25.2 Å². The molecule has 0 aromatic carbocycles. The summed E-state index contributed by atoms with van der Waals surface area (Å²) in [5.74, 6) is 0.318. The lowest BCUT2D eigenvalue weighted by Crippen LogP contribution is -2.45. The van der Waals surface area contributed by atoms with E-state index >= 15 is 0 Å². The minimum absolute atomic E-state index is 0.0636. The van der Waals surface area contributed by atoms with Crippen LogP contribution in [0.2, 0.25) is 0 Å². The van der Waals surface area contributed by atoms with Crippen LogP contribution in [0.1, 0.15) is 48.5 Å². The van der Waals surface area contributed by atoms with E-state index in [1.165, 1.54) is 0 Å². The van der Waals surface area contributed by atoms with Gasteiger partial charge in [-0.2, -0.15) is 0 Å². The smallest absolute Gasteiger partial charge is 0.407 e. The zero-order valence-corrected chi connectivity index (χ0v) is 12.3. The molecular weight excluding hydrogens is 214 g/mol. The van der Waals surface area contributed by atoms with E-state index in [1.807, 2.05) is 27.7 Å². The average molecular weight is 241 g/mol. The first-order chi connectivity index (χ1) is 7.55. The van der Waals surface area contributed by atoms with Gasteiger partial charge in [-0.1, -0.05) is 46.8 Å². The summed E-state index contributed by atoms with van der Waals surface area (Å²) in [5.41, 5.74) is 0.873. The molecule has 2 unspecified atom stereocenters. The second kappa shape index (κ2) is 6.08. The van der Waals surface area contributed by atoms with Gasteiger partial charge in [-0.25, -0.2) is 4.79 Å². The Morgan fingerprint density at radius 3 is 2.00 bits per heavy atom. The minimum atomic E-state index is -0.367. The maximum atomic E-state index is 11.7. The van der Waals surface area contributed by atoms with Crippen LogP contribution in [0.4, 0.5) is 4.79 Å². The Morgan fingerprint density at radius 2 is 1.71 bits per heavy atom. The van der Waals surface area contributed by atoms with Gasteiger partial charge in [0.15, 0.2) is 0 Å². The van der Waals surface area contributed by atoms with Crippen molar-refractivity contribution in [3.8, 4) is 0 Å². The first-order valence-electron chi connectivity index (χ1n) is 6.18. The highest BCUT2D eigenvalue weighted by atomic mass is 16.6. The zero-order chi connectivity index (χ0) is 13.8. The van der Waals surface area contributed by atoms with E-state index in [-0.39, 0.29) is 23.7 Å². The van der Waals surface area contributed by atoms with Crippen molar-refractivity contribution in [1.29, 1.82) is 0 Å². The van der Waals surface area contributed by atoms with Crippen LogP contribution >= 0.6 is 0 Å². The van der Waals surface area contributed by atoms with E-state index < -0.39 is 0 Å². The number of rotatable bonds is 4. The van der Waals surface area contributed by atoms with E-state index in [4.69, 9.17) is 4.74 Å². The lowest BCUT2D eigenvalue weighted by molar-refractivity contribution is 0.0763. The first-order valence-corrected chi connectivity index (χ1v) is 6.18. The molecule has 0 bridgehead atoms. The molecule has 0 aliphatic heterocycles. The van der Waals surface area contributed by atoms with Crippen LogP contribution in [-0.2, 0) is 4.74 Å². The Balaban J connectivity index is 4.49. The fourth-order valence-corrected chi connectivity index (χ4v) is 1.54. The number of ether oxygens (including phenoxy) is 1. The summed E-state index contributed by atoms with van der Waals surface area (Å²) >= 11 is 0. The van der Waals surface area contributed by atoms with Crippen molar-refractivity contribution < 1.29 is 9.53 Å². The van der Waals surface area contributed by atoms with Crippen molar-refractivity contribution in [3.63, 3.8) is 0 Å². The molecule has 0 saturated heterocycles. The van der Waals surface area contributed by atoms with Gasteiger partial charge in [0.05, 0.1) is 6.04 Å². The SMILES string of the molecule is C=C(C)C(NC(=O)OC(C)C(C)C)C(C)(C)C. The third-order valence-corrected chi connectivity index (χ3v) is 2.85. The average Bonchev–Trinajstić information content (AvgIpc) is 2.11. The second-order valence-electron chi connectivity index (χ2n) is 6.14. The molecular formula is C14H27NO2. The third-order valence-electron chi connectivity index (χ3n) is 2.85. The van der Waals surface area contributed by atoms with E-state index in [1.54, 1.807) is 0 Å². The standard InChI is InChI=1S/C14H27NO2/c1-9(2)11(5)17-13(16)15-12(10(3)4)14(6,7)8/h9,11-12H,3H2,1-2,4-8H3,(H,15,16). The number of hydrogen-bond acceptors (Lipinski definition) is 2. The van der Waals surface area contributed by atoms with Gasteiger partial charge >= 0.3 is 6.09 Å². The highest BCUT2D eigenvalue weighted by molar-refractivity contribution is 5.68. The number of amides is 1. The normalized spacial score (nSPS) is 15.3. The molecule has 1 amide bonds. The lowest BCUT2D eigenvalue weighted by atomic mass is 9.83. The Labute approximate surface area is 106 Å². The number of carbonyl (C=O) groups excluding carboxylic acids is 1. The quantitative estimate of drug-likeness (QED) is 0.761. The maximum Gasteiger partial charge on any atom is 0.407 e. The highest BCUT2D eigenvalue weighted by Gasteiger charge is 2.28. The van der Waals surface area contributed by atoms with Crippen molar-refractivity contribution >= 4 is 6.09 Å². The molecule has 3 nitrogen and oxygen atoms in total. The summed E-state index contributed by atoms with van der Waals surface area (Å²) in [5, 5.41) is 2.88. The molecule has 3 heteroatoms. The molecule has 0 spiro atoms. The molecule has 0 heterocycles. The van der Waals surface area contributed by atoms with Gasteiger partial charge in [0, 0.05) is 0 Å². The van der Waals surface area contributed by atoms with Gasteiger partial charge in [-0.15, -0.1) is 0 Å². The molecule has 0 aliphatic carbocycles. The van der Waals surface area contributed by atoms with Gasteiger partial charge in [0.25, 0.3) is 0 Å². The summed E-state index contributed by atoms with van der Waals surface area (Å²) in [6.45, 7) is 18.0. The van der Waals surface area contributed by atoms with Crippen LogP contribution in [-0.4, -0.2) is 18.2 Å². The van der Waals surface area contributed by atoms with Crippen LogP contribution in [0.15, 0.2) is 12.2 Å². The molecule has 0 fully saturated rings. The lowest BCUT2D eigenvalue weighted by Gasteiger charge is -2.32. The predicted octanol–water partition coefficient (Wildman–Crippen LogP) is 3.75. The molecule has 0 saturated carbocycles. The van der Waals surface area contributed by atoms with E-state index in [0.717, 1.165) is 5.57 Å². The molecule has 17 heavy (non-hydrogen) atoms. The van der Waals surface area contributed by atoms with E-state index in [9.17, 15) is 4.79 Å². The van der Waals surface area contributed by atoms with Crippen LogP contribution in [0, 0.1) is 11.3 Å². The van der Waals surface area contributed by atoms with Crippen LogP contribution < -0.4 is 5.32 Å². The monoisotopic (exact) mass is 241 g/mol. The summed E-state index contributed by atoms with van der Waals surface area (Å²) < 4.78 is 5.30. The minimum Gasteiger partial charge on any atom is -0.446 e. The predicted molar refractivity (Wildman–Crippen MR) is 72.0 cm³/mol. The number of carbonyl (C=O) groups is 1. The van der Waals surface area contributed by atoms with Crippen molar-refractivity contribution in [3.05, 3.63) is 12.2 Å². The van der Waals surface area contributed by atoms with Crippen molar-refractivity contribution in [2.24, 2.45) is 11.3 Å². The first kappa shape index (κ1) is 16.0. The molecule has 100 valence electrons. The van der Waals surface area contributed by atoms with Crippen LogP contribution in [0.5, 0.6) is 0 Å². The maximum absolute atomic E-state index is 11.7. The third kappa shape index (κ3) is 5.76. The molecule has 0 radical (unpaired) electrons. The van der Waals surface area contributed by atoms with Crippen LogP contribution in [0.25, 0.3) is 0 Å². The number of alkyl carbamates (subject to hydrolysis) is 1. The molecule has 0 aromatic rings. The zero-order valence-electron chi connectivity index (χ0n) is 12.3. The highest BCUT2D eigenvalue weighted by Crippen LogP contribution is 2.24. The van der Waals surface area contributed by atoms with Gasteiger partial charge in [0.2, 0.25) is 0 Å². The molecule has 0 aliphatic rings. The number of hydrogen-bond donors (Lipinski definition) is 1. The van der Waals surface area contributed by atoms with E-state index in [2.05, 4.69) is 32.7 Å². The number of nitrogens with one attached hydrogen (secondary N) is 1. The fraction of sp³-hybridized carbons (Fsp3) is 0.786. The summed E-state index contributed by atoms with van der Waals surface area (Å²) in [4.78, 5) is 11.7. The largest absolute Gasteiger partial charge is 0.446 e. The van der Waals surface area contributed by atoms with Gasteiger partial charge < -0.3 is 10.1 Å². The van der Waals surface area contributed by atoms with E-state index in [0.29, 0.717) is 5.92 Å².